The summed E-state index contributed by atoms with van der Waals surface area (Å²) in [6, 6.07) is 2.19. The topological polar surface area (TPSA) is 50.1 Å². The molecule has 1 aromatic rings. The van der Waals surface area contributed by atoms with Gasteiger partial charge in [-0.05, 0) is 44.7 Å². The zero-order chi connectivity index (χ0) is 14.1. The molecule has 4 heteroatoms. The van der Waals surface area contributed by atoms with E-state index in [0.717, 1.165) is 32.5 Å². The minimum absolute atomic E-state index is 0.291. The van der Waals surface area contributed by atoms with Crippen molar-refractivity contribution in [3.05, 3.63) is 17.5 Å². The van der Waals surface area contributed by atoms with Gasteiger partial charge in [-0.3, -0.25) is 4.68 Å². The fourth-order valence-corrected chi connectivity index (χ4v) is 2.45. The van der Waals surface area contributed by atoms with Crippen LogP contribution in [0.2, 0.25) is 0 Å². The lowest BCUT2D eigenvalue weighted by molar-refractivity contribution is 0.247. The third-order valence-electron chi connectivity index (χ3n) is 3.55. The SMILES string of the molecule is CCCC(CCO)CNCc1cc(CC)nn1CC. The Balaban J connectivity index is 2.44. The van der Waals surface area contributed by atoms with Gasteiger partial charge < -0.3 is 10.4 Å². The smallest absolute Gasteiger partial charge is 0.0625 e. The number of rotatable bonds is 10. The van der Waals surface area contributed by atoms with Crippen LogP contribution in [0.1, 0.15) is 51.4 Å². The third kappa shape index (κ3) is 5.33. The van der Waals surface area contributed by atoms with E-state index in [9.17, 15) is 0 Å². The number of aryl methyl sites for hydroxylation is 2. The molecule has 110 valence electrons. The maximum atomic E-state index is 9.06. The molecule has 0 aliphatic heterocycles. The summed E-state index contributed by atoms with van der Waals surface area (Å²) < 4.78 is 2.08. The first-order valence-corrected chi connectivity index (χ1v) is 7.62. The van der Waals surface area contributed by atoms with Crippen molar-refractivity contribution in [2.75, 3.05) is 13.2 Å². The van der Waals surface area contributed by atoms with Crippen molar-refractivity contribution in [3.63, 3.8) is 0 Å². The molecule has 1 atom stereocenters. The number of aliphatic hydroxyl groups is 1. The van der Waals surface area contributed by atoms with Crippen LogP contribution in [0.15, 0.2) is 6.07 Å². The van der Waals surface area contributed by atoms with Crippen molar-refractivity contribution in [1.82, 2.24) is 15.1 Å². The summed E-state index contributed by atoms with van der Waals surface area (Å²) in [6.07, 6.45) is 4.25. The fraction of sp³-hybridized carbons (Fsp3) is 0.800. The van der Waals surface area contributed by atoms with Crippen LogP contribution in [0, 0.1) is 5.92 Å². The molecule has 0 bridgehead atoms. The molecule has 0 saturated heterocycles. The van der Waals surface area contributed by atoms with Crippen molar-refractivity contribution < 1.29 is 5.11 Å². The molecule has 0 aliphatic carbocycles. The van der Waals surface area contributed by atoms with Gasteiger partial charge in [0.25, 0.3) is 0 Å². The fourth-order valence-electron chi connectivity index (χ4n) is 2.45. The molecule has 0 aliphatic rings. The molecular formula is C15H29N3O. The minimum atomic E-state index is 0.291. The highest BCUT2D eigenvalue weighted by atomic mass is 16.3. The van der Waals surface area contributed by atoms with Crippen molar-refractivity contribution >= 4 is 0 Å². The van der Waals surface area contributed by atoms with E-state index in [1.807, 2.05) is 0 Å². The molecule has 0 spiro atoms. The summed E-state index contributed by atoms with van der Waals surface area (Å²) in [6.45, 7) is 9.52. The monoisotopic (exact) mass is 267 g/mol. The molecule has 1 aromatic heterocycles. The Morgan fingerprint density at radius 3 is 2.68 bits per heavy atom. The molecule has 0 fully saturated rings. The Labute approximate surface area is 117 Å². The number of nitrogens with zero attached hydrogens (tertiary/aromatic N) is 2. The second-order valence-corrected chi connectivity index (χ2v) is 5.09. The van der Waals surface area contributed by atoms with Crippen LogP contribution in [0.25, 0.3) is 0 Å². The average Bonchev–Trinajstić information content (AvgIpc) is 2.82. The second-order valence-electron chi connectivity index (χ2n) is 5.09. The molecule has 2 N–H and O–H groups in total. The van der Waals surface area contributed by atoms with Gasteiger partial charge in [0.05, 0.1) is 11.4 Å². The summed E-state index contributed by atoms with van der Waals surface area (Å²) in [5.41, 5.74) is 2.43. The first kappa shape index (κ1) is 16.2. The normalized spacial score (nSPS) is 12.8. The lowest BCUT2D eigenvalue weighted by atomic mass is 10.0. The highest BCUT2D eigenvalue weighted by Crippen LogP contribution is 2.10. The Morgan fingerprint density at radius 1 is 1.32 bits per heavy atom. The number of aliphatic hydroxyl groups excluding tert-OH is 1. The number of hydrogen-bond donors (Lipinski definition) is 2. The van der Waals surface area contributed by atoms with Crippen LogP contribution in [-0.2, 0) is 19.5 Å². The van der Waals surface area contributed by atoms with Gasteiger partial charge in [-0.15, -0.1) is 0 Å². The third-order valence-corrected chi connectivity index (χ3v) is 3.55. The summed E-state index contributed by atoms with van der Waals surface area (Å²) >= 11 is 0. The van der Waals surface area contributed by atoms with Crippen molar-refractivity contribution in [2.24, 2.45) is 5.92 Å². The van der Waals surface area contributed by atoms with Crippen molar-refractivity contribution in [2.45, 2.75) is 59.5 Å². The summed E-state index contributed by atoms with van der Waals surface area (Å²) in [7, 11) is 0. The van der Waals surface area contributed by atoms with Crippen LogP contribution >= 0.6 is 0 Å². The Bertz CT molecular complexity index is 343. The largest absolute Gasteiger partial charge is 0.396 e. The van der Waals surface area contributed by atoms with E-state index in [1.54, 1.807) is 0 Å². The number of nitrogens with one attached hydrogen (secondary N) is 1. The van der Waals surface area contributed by atoms with Gasteiger partial charge in [-0.25, -0.2) is 0 Å². The molecule has 0 amide bonds. The van der Waals surface area contributed by atoms with Gasteiger partial charge in [0.15, 0.2) is 0 Å². The Morgan fingerprint density at radius 2 is 2.11 bits per heavy atom. The highest BCUT2D eigenvalue weighted by molar-refractivity contribution is 5.10. The van der Waals surface area contributed by atoms with Gasteiger partial charge in [0, 0.05) is 19.7 Å². The van der Waals surface area contributed by atoms with Crippen LogP contribution in [0.5, 0.6) is 0 Å². The first-order chi connectivity index (χ1) is 9.24. The summed E-state index contributed by atoms with van der Waals surface area (Å²) in [5, 5.41) is 17.1. The van der Waals surface area contributed by atoms with E-state index < -0.39 is 0 Å². The first-order valence-electron chi connectivity index (χ1n) is 7.62. The van der Waals surface area contributed by atoms with E-state index in [2.05, 4.69) is 41.9 Å². The summed E-state index contributed by atoms with van der Waals surface area (Å²) in [5.74, 6) is 0.582. The second kappa shape index (κ2) is 9.10. The highest BCUT2D eigenvalue weighted by Gasteiger charge is 2.09. The predicted molar refractivity (Wildman–Crippen MR) is 79.1 cm³/mol. The Hall–Kier alpha value is -0.870. The Kier molecular flexibility index (Phi) is 7.75. The van der Waals surface area contributed by atoms with E-state index in [0.29, 0.717) is 12.5 Å². The molecule has 1 heterocycles. The van der Waals surface area contributed by atoms with Crippen molar-refractivity contribution in [1.29, 1.82) is 0 Å². The minimum Gasteiger partial charge on any atom is -0.396 e. The van der Waals surface area contributed by atoms with Crippen LogP contribution in [0.4, 0.5) is 0 Å². The zero-order valence-electron chi connectivity index (χ0n) is 12.7. The predicted octanol–water partition coefficient (Wildman–Crippen LogP) is 2.35. The average molecular weight is 267 g/mol. The molecular weight excluding hydrogens is 238 g/mol. The standard InChI is InChI=1S/C15H29N3O/c1-4-7-13(8-9-19)11-16-12-15-10-14(5-2)17-18(15)6-3/h10,13,16,19H,4-9,11-12H2,1-3H3. The maximum absolute atomic E-state index is 9.06. The van der Waals surface area contributed by atoms with Crippen molar-refractivity contribution in [3.8, 4) is 0 Å². The summed E-state index contributed by atoms with van der Waals surface area (Å²) in [4.78, 5) is 0. The van der Waals surface area contributed by atoms with Gasteiger partial charge >= 0.3 is 0 Å². The lowest BCUT2D eigenvalue weighted by Gasteiger charge is -2.15. The van der Waals surface area contributed by atoms with Crippen LogP contribution in [-0.4, -0.2) is 28.0 Å². The van der Waals surface area contributed by atoms with E-state index in [1.165, 1.54) is 24.2 Å². The lowest BCUT2D eigenvalue weighted by Crippen LogP contribution is -2.24. The maximum Gasteiger partial charge on any atom is 0.0625 e. The zero-order valence-corrected chi connectivity index (χ0v) is 12.7. The molecule has 1 rings (SSSR count). The number of hydrogen-bond acceptors (Lipinski definition) is 3. The van der Waals surface area contributed by atoms with Gasteiger partial charge in [0.2, 0.25) is 0 Å². The van der Waals surface area contributed by atoms with Gasteiger partial charge in [-0.2, -0.15) is 5.10 Å². The molecule has 1 unspecified atom stereocenters. The number of aromatic nitrogens is 2. The van der Waals surface area contributed by atoms with E-state index in [4.69, 9.17) is 5.11 Å². The van der Waals surface area contributed by atoms with E-state index in [-0.39, 0.29) is 0 Å². The van der Waals surface area contributed by atoms with Gasteiger partial charge in [-0.1, -0.05) is 20.3 Å². The molecule has 4 nitrogen and oxygen atoms in total. The van der Waals surface area contributed by atoms with Gasteiger partial charge in [0.1, 0.15) is 0 Å². The molecule has 19 heavy (non-hydrogen) atoms. The van der Waals surface area contributed by atoms with E-state index >= 15 is 0 Å². The van der Waals surface area contributed by atoms with Crippen LogP contribution < -0.4 is 5.32 Å². The quantitative estimate of drug-likeness (QED) is 0.684. The molecule has 0 radical (unpaired) electrons. The molecule has 0 saturated carbocycles. The van der Waals surface area contributed by atoms with Crippen LogP contribution in [0.3, 0.4) is 0 Å². The molecule has 0 aromatic carbocycles.